The lowest BCUT2D eigenvalue weighted by atomic mass is 9.82. The lowest BCUT2D eigenvalue weighted by Crippen LogP contribution is -2.16. The normalized spacial score (nSPS) is 14.0. The summed E-state index contributed by atoms with van der Waals surface area (Å²) in [5, 5.41) is 20.6. The number of hydrogen-bond acceptors (Lipinski definition) is 5. The van der Waals surface area contributed by atoms with Crippen molar-refractivity contribution in [2.75, 3.05) is 9.80 Å². The molecule has 0 N–H and O–H groups in total. The average molecular weight is 1280 g/mol. The molecule has 6 heteroatoms. The Kier molecular flexibility index (Phi) is 10.6. The van der Waals surface area contributed by atoms with Gasteiger partial charge < -0.3 is 14.2 Å². The van der Waals surface area contributed by atoms with Crippen molar-refractivity contribution >= 4 is 199 Å². The minimum absolute atomic E-state index is 0.158. The van der Waals surface area contributed by atoms with E-state index in [1.54, 1.807) is 0 Å². The van der Waals surface area contributed by atoms with Gasteiger partial charge in [0.15, 0.2) is 0 Å². The molecule has 15 aromatic carbocycles. The van der Waals surface area contributed by atoms with Crippen LogP contribution in [-0.4, -0.2) is 4.40 Å². The number of anilines is 6. The monoisotopic (exact) mass is 1280 g/mol. The van der Waals surface area contributed by atoms with Gasteiger partial charge in [0.1, 0.15) is 0 Å². The first-order valence-corrected chi connectivity index (χ1v) is 35.8. The van der Waals surface area contributed by atoms with Crippen molar-refractivity contribution in [3.8, 4) is 22.3 Å². The smallest absolute Gasteiger partial charge is 0.0640 e. The molecule has 0 fully saturated rings. The molecule has 22 rings (SSSR count). The Morgan fingerprint density at radius 3 is 1.25 bits per heavy atom. The first-order valence-electron chi connectivity index (χ1n) is 33.4. The molecule has 3 nitrogen and oxygen atoms in total. The van der Waals surface area contributed by atoms with Crippen LogP contribution >= 0.6 is 34.0 Å². The maximum absolute atomic E-state index is 2.62. The van der Waals surface area contributed by atoms with Gasteiger partial charge in [-0.15, -0.1) is 34.0 Å². The van der Waals surface area contributed by atoms with Crippen LogP contribution in [0.2, 0.25) is 0 Å². The number of para-hydroxylation sites is 1. The van der Waals surface area contributed by atoms with Gasteiger partial charge in [-0.25, -0.2) is 0 Å². The van der Waals surface area contributed by atoms with Gasteiger partial charge in [0.2, 0.25) is 0 Å². The van der Waals surface area contributed by atoms with E-state index < -0.39 is 0 Å². The van der Waals surface area contributed by atoms with Crippen LogP contribution in [0.4, 0.5) is 34.1 Å². The van der Waals surface area contributed by atoms with Crippen molar-refractivity contribution in [2.45, 2.75) is 38.5 Å². The Morgan fingerprint density at radius 2 is 0.667 bits per heavy atom. The minimum Gasteiger partial charge on any atom is -0.309 e. The highest BCUT2D eigenvalue weighted by Gasteiger charge is 2.38. The largest absolute Gasteiger partial charge is 0.309 e. The number of nitrogens with zero attached hydrogens (tertiary/aromatic N) is 3. The zero-order valence-electron chi connectivity index (χ0n) is 53.0. The maximum atomic E-state index is 2.62. The Labute approximate surface area is 565 Å². The molecule has 20 aromatic rings. The van der Waals surface area contributed by atoms with E-state index in [9.17, 15) is 0 Å². The Bertz CT molecular complexity index is 6870. The fourth-order valence-electron chi connectivity index (χ4n) is 17.8. The third kappa shape index (κ3) is 7.00. The standard InChI is InChI=1S/C90H57N3S3/c1-89(2)72-26-11-9-20-58(72)60-36-32-52(46-74(60)89)91(76-28-14-24-70-82-56-18-7-5-16-50(56)30-44-79(82)94-87(70)76)54-34-38-62-64-22-13-23-65-66-40-43-69-67(85(66)93(84(64)65)78(62)48-54)41-42-68-63-39-35-55(49-81(63)96-86(68)69)92(53-33-37-61-59-21-10-12-27-73(59)90(3,4)75(61)47-53)77-29-15-25-71-83-57-19-8-6-17-51(57)31-45-80(83)95-88(71)77/h5-49H,1-4H3. The third-order valence-electron chi connectivity index (χ3n) is 22.3. The number of benzene rings is 15. The van der Waals surface area contributed by atoms with Gasteiger partial charge in [0.25, 0.3) is 0 Å². The molecule has 96 heavy (non-hydrogen) atoms. The van der Waals surface area contributed by atoms with Crippen molar-refractivity contribution in [1.29, 1.82) is 0 Å². The second-order valence-corrected chi connectivity index (χ2v) is 31.0. The second kappa shape index (κ2) is 19.0. The summed E-state index contributed by atoms with van der Waals surface area (Å²) in [5.41, 5.74) is 21.2. The van der Waals surface area contributed by atoms with Crippen molar-refractivity contribution in [1.82, 2.24) is 4.40 Å². The van der Waals surface area contributed by atoms with Crippen LogP contribution in [0, 0.1) is 0 Å². The molecule has 0 spiro atoms. The van der Waals surface area contributed by atoms with E-state index >= 15 is 0 Å². The molecule has 0 bridgehead atoms. The molecule has 0 radical (unpaired) electrons. The molecule has 0 saturated carbocycles. The van der Waals surface area contributed by atoms with Gasteiger partial charge in [0.05, 0.1) is 37.3 Å². The van der Waals surface area contributed by atoms with Gasteiger partial charge in [-0.2, -0.15) is 0 Å². The fraction of sp³-hybridized carbons (Fsp3) is 0.0667. The van der Waals surface area contributed by atoms with Crippen LogP contribution in [0.5, 0.6) is 0 Å². The van der Waals surface area contributed by atoms with Crippen LogP contribution < -0.4 is 9.80 Å². The van der Waals surface area contributed by atoms with E-state index in [1.165, 1.54) is 187 Å². The zero-order chi connectivity index (χ0) is 63.2. The van der Waals surface area contributed by atoms with E-state index in [0.717, 1.165) is 22.7 Å². The summed E-state index contributed by atoms with van der Waals surface area (Å²) >= 11 is 5.75. The Hall–Kier alpha value is -10.9. The van der Waals surface area contributed by atoms with Crippen molar-refractivity contribution in [3.05, 3.63) is 295 Å². The summed E-state index contributed by atoms with van der Waals surface area (Å²) in [5.74, 6) is 0. The molecule has 0 saturated heterocycles. The van der Waals surface area contributed by atoms with E-state index in [1.807, 2.05) is 34.0 Å². The molecule has 2 aliphatic rings. The molecule has 5 aromatic heterocycles. The zero-order valence-corrected chi connectivity index (χ0v) is 55.5. The maximum Gasteiger partial charge on any atom is 0.0640 e. The molecule has 0 atom stereocenters. The molecular weight excluding hydrogens is 1220 g/mol. The number of aromatic nitrogens is 1. The van der Waals surface area contributed by atoms with Crippen LogP contribution in [0.3, 0.4) is 0 Å². The first-order chi connectivity index (χ1) is 47.1. The van der Waals surface area contributed by atoms with Gasteiger partial charge in [0, 0.05) is 117 Å². The molecule has 0 aliphatic heterocycles. The van der Waals surface area contributed by atoms with Crippen molar-refractivity contribution in [3.63, 3.8) is 0 Å². The molecule has 0 amide bonds. The van der Waals surface area contributed by atoms with Gasteiger partial charge in [-0.3, -0.25) is 0 Å². The summed E-state index contributed by atoms with van der Waals surface area (Å²) in [7, 11) is 0. The predicted molar refractivity (Wildman–Crippen MR) is 417 cm³/mol. The summed E-state index contributed by atoms with van der Waals surface area (Å²) in [6.07, 6.45) is 0. The molecule has 5 heterocycles. The van der Waals surface area contributed by atoms with Crippen LogP contribution in [0.1, 0.15) is 49.9 Å². The highest BCUT2D eigenvalue weighted by atomic mass is 32.1. The number of hydrogen-bond donors (Lipinski definition) is 0. The van der Waals surface area contributed by atoms with Crippen molar-refractivity contribution < 1.29 is 0 Å². The van der Waals surface area contributed by atoms with Crippen molar-refractivity contribution in [2.24, 2.45) is 0 Å². The summed E-state index contributed by atoms with van der Waals surface area (Å²) in [6.45, 7) is 9.58. The van der Waals surface area contributed by atoms with Gasteiger partial charge in [-0.05, 0) is 139 Å². The fourth-order valence-corrected chi connectivity index (χ4v) is 21.5. The third-order valence-corrected chi connectivity index (χ3v) is 25.8. The summed E-state index contributed by atoms with van der Waals surface area (Å²) in [6, 6.07) is 104. The molecule has 2 aliphatic carbocycles. The van der Waals surface area contributed by atoms with E-state index in [0.29, 0.717) is 0 Å². The Balaban J connectivity index is 0.747. The van der Waals surface area contributed by atoms with E-state index in [4.69, 9.17) is 0 Å². The van der Waals surface area contributed by atoms with Gasteiger partial charge >= 0.3 is 0 Å². The van der Waals surface area contributed by atoms with Crippen LogP contribution in [0.15, 0.2) is 273 Å². The quantitative estimate of drug-likeness (QED) is 0.164. The highest BCUT2D eigenvalue weighted by Crippen LogP contribution is 2.56. The predicted octanol–water partition coefficient (Wildman–Crippen LogP) is 27.0. The van der Waals surface area contributed by atoms with Crippen LogP contribution in [0.25, 0.3) is 153 Å². The molecular formula is C90H57N3S3. The number of rotatable bonds is 6. The SMILES string of the molecule is CC1(C)c2ccccc2-c2ccc(N(c3ccc4c(c3)sc3c4ccc4c3ccc3c5cccc6c7ccc(N(c8ccc9c(c8)C(C)(C)c8ccccc8-9)c8cccc9c8sc8ccc%10ccccc%10c89)cc7n(c43)c65)c3cccc4c3sc3ccc5ccccc5c34)cc21. The van der Waals surface area contributed by atoms with E-state index in [-0.39, 0.29) is 10.8 Å². The number of thiophene rings is 3. The Morgan fingerprint density at radius 1 is 0.271 bits per heavy atom. The van der Waals surface area contributed by atoms with Crippen LogP contribution in [-0.2, 0) is 10.8 Å². The van der Waals surface area contributed by atoms with E-state index in [2.05, 4.69) is 315 Å². The first kappa shape index (κ1) is 53.5. The summed E-state index contributed by atoms with van der Waals surface area (Å²) in [4.78, 5) is 5.12. The topological polar surface area (TPSA) is 10.9 Å². The molecule has 0 unspecified atom stereocenters. The average Bonchev–Trinajstić information content (AvgIpc) is 1.53. The molecule has 450 valence electrons. The van der Waals surface area contributed by atoms with Gasteiger partial charge in [-0.1, -0.05) is 228 Å². The second-order valence-electron chi connectivity index (χ2n) is 27.8. The lowest BCUT2D eigenvalue weighted by Gasteiger charge is -2.28. The summed E-state index contributed by atoms with van der Waals surface area (Å²) < 4.78 is 10.4. The minimum atomic E-state index is -0.172. The highest BCUT2D eigenvalue weighted by molar-refractivity contribution is 7.27. The lowest BCUT2D eigenvalue weighted by molar-refractivity contribution is 0.660. The number of fused-ring (bicyclic) bond motifs is 28.